The second-order valence-corrected chi connectivity index (χ2v) is 7.18. The minimum Gasteiger partial charge on any atom is -0.447 e. The van der Waals surface area contributed by atoms with Gasteiger partial charge < -0.3 is 14.4 Å². The number of aromatic nitrogens is 3. The first-order valence-corrected chi connectivity index (χ1v) is 8.31. The molecule has 0 radical (unpaired) electrons. The van der Waals surface area contributed by atoms with Crippen LogP contribution in [0.4, 0.5) is 0 Å². The van der Waals surface area contributed by atoms with Gasteiger partial charge in [-0.05, 0) is 34.5 Å². The quantitative estimate of drug-likeness (QED) is 0.728. The van der Waals surface area contributed by atoms with E-state index in [2.05, 4.69) is 15.0 Å². The Labute approximate surface area is 141 Å². The second kappa shape index (κ2) is 6.09. The van der Waals surface area contributed by atoms with E-state index in [1.807, 2.05) is 37.6 Å². The van der Waals surface area contributed by atoms with Crippen LogP contribution in [0.5, 0.6) is 0 Å². The predicted octanol–water partition coefficient (Wildman–Crippen LogP) is 1.07. The summed E-state index contributed by atoms with van der Waals surface area (Å²) in [6.45, 7) is 5.95. The summed E-state index contributed by atoms with van der Waals surface area (Å²) >= 11 is 1.52. The van der Waals surface area contributed by atoms with Crippen molar-refractivity contribution >= 4 is 23.5 Å². The maximum Gasteiger partial charge on any atom is 0.272 e. The highest BCUT2D eigenvalue weighted by molar-refractivity contribution is 7.08. The maximum atomic E-state index is 12.3. The van der Waals surface area contributed by atoms with Crippen molar-refractivity contribution in [3.8, 4) is 0 Å². The number of nitrogens with zero attached hydrogens (tertiary/aromatic N) is 1. The Morgan fingerprint density at radius 1 is 1.12 bits per heavy atom. The average molecular weight is 343 g/mol. The summed E-state index contributed by atoms with van der Waals surface area (Å²) < 4.78 is 5.41. The lowest BCUT2D eigenvalue weighted by Gasteiger charge is -2.14. The Hall–Kier alpha value is -2.67. The summed E-state index contributed by atoms with van der Waals surface area (Å²) in [5.41, 5.74) is 0.372. The van der Waals surface area contributed by atoms with Crippen LogP contribution in [0.2, 0.25) is 0 Å². The number of rotatable bonds is 2. The summed E-state index contributed by atoms with van der Waals surface area (Å²) in [5, 5.41) is 4.15. The minimum atomic E-state index is -0.390. The van der Waals surface area contributed by atoms with Crippen LogP contribution in [-0.2, 0) is 5.41 Å². The molecule has 0 aromatic carbocycles. The van der Waals surface area contributed by atoms with Gasteiger partial charge in [-0.2, -0.15) is 11.3 Å². The minimum absolute atomic E-state index is 0.141. The van der Waals surface area contributed by atoms with Crippen LogP contribution < -0.4 is 21.8 Å². The molecule has 0 spiro atoms. The van der Waals surface area contributed by atoms with Crippen molar-refractivity contribution in [3.05, 3.63) is 71.6 Å². The summed E-state index contributed by atoms with van der Waals surface area (Å²) in [6, 6.07) is 1.87. The topological polar surface area (TPSA) is 91.8 Å². The molecule has 0 aliphatic carbocycles. The molecule has 0 fully saturated rings. The normalized spacial score (nSPS) is 13.6. The first kappa shape index (κ1) is 16.2. The van der Waals surface area contributed by atoms with Crippen molar-refractivity contribution in [2.75, 3.05) is 0 Å². The molecule has 0 aliphatic heterocycles. The molecule has 0 bridgehead atoms. The lowest BCUT2D eigenvalue weighted by atomic mass is 9.92. The lowest BCUT2D eigenvalue weighted by molar-refractivity contribution is 0.407. The number of nitrogens with one attached hydrogen (secondary N) is 2. The molecule has 7 heteroatoms. The largest absolute Gasteiger partial charge is 0.447 e. The Morgan fingerprint density at radius 3 is 2.38 bits per heavy atom. The molecule has 0 aliphatic rings. The Morgan fingerprint density at radius 2 is 1.79 bits per heavy atom. The maximum absolute atomic E-state index is 12.3. The SMILES string of the molecule is CC(C)(C)c1ocnc1C=c1[nH]c(=O)c(=Cc2ccsc2)[nH]c1=O. The first-order chi connectivity index (χ1) is 11.3. The monoisotopic (exact) mass is 343 g/mol. The molecule has 3 rings (SSSR count). The Kier molecular flexibility index (Phi) is 4.11. The van der Waals surface area contributed by atoms with E-state index in [4.69, 9.17) is 4.42 Å². The molecular formula is C17H17N3O3S. The predicted molar refractivity (Wildman–Crippen MR) is 93.6 cm³/mol. The number of thiophene rings is 1. The van der Waals surface area contributed by atoms with Crippen LogP contribution in [0.3, 0.4) is 0 Å². The summed E-state index contributed by atoms with van der Waals surface area (Å²) in [4.78, 5) is 33.8. The first-order valence-electron chi connectivity index (χ1n) is 7.37. The fourth-order valence-corrected chi connectivity index (χ4v) is 2.89. The van der Waals surface area contributed by atoms with Gasteiger partial charge in [0.1, 0.15) is 22.2 Å². The third-order valence-corrected chi connectivity index (χ3v) is 4.10. The Balaban J connectivity index is 2.15. The van der Waals surface area contributed by atoms with Crippen molar-refractivity contribution in [1.29, 1.82) is 0 Å². The van der Waals surface area contributed by atoms with Gasteiger partial charge in [0, 0.05) is 5.41 Å². The lowest BCUT2D eigenvalue weighted by Crippen LogP contribution is -2.46. The number of H-pyrrole nitrogens is 2. The van der Waals surface area contributed by atoms with E-state index in [0.29, 0.717) is 11.5 Å². The van der Waals surface area contributed by atoms with Crippen molar-refractivity contribution in [1.82, 2.24) is 15.0 Å². The molecule has 24 heavy (non-hydrogen) atoms. The molecule has 0 saturated carbocycles. The zero-order chi connectivity index (χ0) is 17.3. The van der Waals surface area contributed by atoms with Gasteiger partial charge >= 0.3 is 0 Å². The molecule has 0 saturated heterocycles. The van der Waals surface area contributed by atoms with Crippen molar-refractivity contribution in [3.63, 3.8) is 0 Å². The van der Waals surface area contributed by atoms with Gasteiger partial charge in [0.05, 0.1) is 0 Å². The van der Waals surface area contributed by atoms with E-state index in [1.165, 1.54) is 23.8 Å². The zero-order valence-electron chi connectivity index (χ0n) is 13.5. The smallest absolute Gasteiger partial charge is 0.272 e. The van der Waals surface area contributed by atoms with Crippen LogP contribution in [0.1, 0.15) is 37.8 Å². The number of hydrogen-bond donors (Lipinski definition) is 2. The van der Waals surface area contributed by atoms with Crippen LogP contribution in [-0.4, -0.2) is 15.0 Å². The van der Waals surface area contributed by atoms with Gasteiger partial charge in [-0.25, -0.2) is 4.98 Å². The zero-order valence-corrected chi connectivity index (χ0v) is 14.4. The van der Waals surface area contributed by atoms with Gasteiger partial charge in [-0.1, -0.05) is 20.8 Å². The molecule has 6 nitrogen and oxygen atoms in total. The summed E-state index contributed by atoms with van der Waals surface area (Å²) in [5.74, 6) is 0.650. The highest BCUT2D eigenvalue weighted by Gasteiger charge is 2.21. The van der Waals surface area contributed by atoms with Crippen LogP contribution in [0, 0.1) is 0 Å². The highest BCUT2D eigenvalue weighted by Crippen LogP contribution is 2.25. The molecule has 3 aromatic rings. The van der Waals surface area contributed by atoms with E-state index in [0.717, 1.165) is 5.56 Å². The third kappa shape index (κ3) is 3.30. The summed E-state index contributed by atoms with van der Waals surface area (Å²) in [6.07, 6.45) is 4.49. The van der Waals surface area contributed by atoms with Gasteiger partial charge in [0.15, 0.2) is 6.39 Å². The molecule has 3 heterocycles. The standard InChI is InChI=1S/C17H17N3O3S/c1-17(2,3)14-11(18-9-23-14)7-13-16(22)19-12(15(21)20-13)6-10-4-5-24-8-10/h4-9H,1-3H3,(H,19,22)(H,20,21). The van der Waals surface area contributed by atoms with E-state index in [1.54, 1.807) is 6.08 Å². The van der Waals surface area contributed by atoms with E-state index in [-0.39, 0.29) is 27.2 Å². The fraction of sp³-hybridized carbons (Fsp3) is 0.235. The second-order valence-electron chi connectivity index (χ2n) is 6.40. The fourth-order valence-electron chi connectivity index (χ4n) is 2.28. The molecule has 0 atom stereocenters. The molecule has 0 amide bonds. The molecule has 0 unspecified atom stereocenters. The summed E-state index contributed by atoms with van der Waals surface area (Å²) in [7, 11) is 0. The Bertz CT molecular complexity index is 1080. The molecule has 3 aromatic heterocycles. The average Bonchev–Trinajstić information content (AvgIpc) is 3.14. The van der Waals surface area contributed by atoms with Crippen LogP contribution in [0.15, 0.2) is 37.2 Å². The number of oxazole rings is 1. The van der Waals surface area contributed by atoms with E-state index in [9.17, 15) is 9.59 Å². The van der Waals surface area contributed by atoms with Gasteiger partial charge in [-0.15, -0.1) is 0 Å². The van der Waals surface area contributed by atoms with Crippen molar-refractivity contribution in [2.45, 2.75) is 26.2 Å². The number of hydrogen-bond acceptors (Lipinski definition) is 5. The molecular weight excluding hydrogens is 326 g/mol. The number of aromatic amines is 2. The molecule has 124 valence electrons. The highest BCUT2D eigenvalue weighted by atomic mass is 32.1. The van der Waals surface area contributed by atoms with Crippen LogP contribution in [0.25, 0.3) is 12.2 Å². The third-order valence-electron chi connectivity index (χ3n) is 3.40. The van der Waals surface area contributed by atoms with Crippen LogP contribution >= 0.6 is 11.3 Å². The van der Waals surface area contributed by atoms with E-state index < -0.39 is 0 Å². The van der Waals surface area contributed by atoms with Crippen molar-refractivity contribution in [2.24, 2.45) is 0 Å². The van der Waals surface area contributed by atoms with E-state index >= 15 is 0 Å². The molecule has 2 N–H and O–H groups in total. The van der Waals surface area contributed by atoms with Gasteiger partial charge in [-0.3, -0.25) is 9.59 Å². The van der Waals surface area contributed by atoms with Gasteiger partial charge in [0.25, 0.3) is 11.1 Å². The van der Waals surface area contributed by atoms with Gasteiger partial charge in [0.2, 0.25) is 0 Å². The van der Waals surface area contributed by atoms with Crippen molar-refractivity contribution < 1.29 is 4.42 Å².